The molecule has 0 spiro atoms. The fourth-order valence-corrected chi connectivity index (χ4v) is 4.57. The van der Waals surface area contributed by atoms with Crippen LogP contribution in [0.1, 0.15) is 46.4 Å². The standard InChI is InChI=1S/C24H34N4O8S2/c1-37(33,34)27-19-13-17(7-9-21(19)29)23(31)15-25-11-5-3-4-6-12-26-16-24(32)18-8-10-22(30)20(14-18)28-38(2,35)36/h7-10,13-14,25-30H,3-6,11-12,15-16H2,1-2H3. The summed E-state index contributed by atoms with van der Waals surface area (Å²) < 4.78 is 49.8. The van der Waals surface area contributed by atoms with Crippen LogP contribution >= 0.6 is 0 Å². The number of phenolic OH excluding ortho intramolecular Hbond substituents is 2. The number of unbranched alkanes of at least 4 members (excludes halogenated alkanes) is 3. The lowest BCUT2D eigenvalue weighted by atomic mass is 10.1. The molecule has 2 aromatic carbocycles. The summed E-state index contributed by atoms with van der Waals surface area (Å²) in [5.74, 6) is -1.00. The van der Waals surface area contributed by atoms with Crippen LogP contribution in [0.2, 0.25) is 0 Å². The lowest BCUT2D eigenvalue weighted by Gasteiger charge is -2.10. The minimum atomic E-state index is -3.59. The van der Waals surface area contributed by atoms with Gasteiger partial charge < -0.3 is 20.8 Å². The Kier molecular flexibility index (Phi) is 11.5. The largest absolute Gasteiger partial charge is 0.506 e. The summed E-state index contributed by atoms with van der Waals surface area (Å²) in [6, 6.07) is 7.98. The highest BCUT2D eigenvalue weighted by molar-refractivity contribution is 7.92. The van der Waals surface area contributed by atoms with Gasteiger partial charge >= 0.3 is 0 Å². The van der Waals surface area contributed by atoms with Gasteiger partial charge in [0.2, 0.25) is 20.0 Å². The van der Waals surface area contributed by atoms with E-state index in [9.17, 15) is 36.6 Å². The topological polar surface area (TPSA) is 191 Å². The average Bonchev–Trinajstić information content (AvgIpc) is 2.81. The van der Waals surface area contributed by atoms with E-state index in [-0.39, 0.29) is 58.7 Å². The number of benzene rings is 2. The van der Waals surface area contributed by atoms with E-state index in [1.165, 1.54) is 36.4 Å². The van der Waals surface area contributed by atoms with E-state index in [4.69, 9.17) is 0 Å². The maximum absolute atomic E-state index is 12.3. The second-order valence-corrected chi connectivity index (χ2v) is 12.3. The third-order valence-electron chi connectivity index (χ3n) is 5.26. The van der Waals surface area contributed by atoms with Crippen LogP contribution in [0.5, 0.6) is 11.5 Å². The van der Waals surface area contributed by atoms with E-state index in [1.54, 1.807) is 0 Å². The second-order valence-electron chi connectivity index (χ2n) is 8.83. The van der Waals surface area contributed by atoms with Crippen molar-refractivity contribution in [3.8, 4) is 11.5 Å². The molecule has 0 aliphatic rings. The van der Waals surface area contributed by atoms with Gasteiger partial charge in [0.15, 0.2) is 11.6 Å². The van der Waals surface area contributed by atoms with Gasteiger partial charge in [0.1, 0.15) is 11.5 Å². The van der Waals surface area contributed by atoms with Gasteiger partial charge in [-0.05, 0) is 62.3 Å². The number of Topliss-reactive ketones (excluding diaryl/α,β-unsaturated/α-hetero) is 2. The van der Waals surface area contributed by atoms with Gasteiger partial charge in [0.05, 0.1) is 37.0 Å². The summed E-state index contributed by atoms with van der Waals surface area (Å²) in [6.45, 7) is 1.39. The molecule has 0 atom stereocenters. The van der Waals surface area contributed by atoms with Crippen molar-refractivity contribution in [2.75, 3.05) is 48.1 Å². The molecular weight excluding hydrogens is 536 g/mol. The number of rotatable bonds is 17. The molecule has 14 heteroatoms. The molecule has 0 unspecified atom stereocenters. The molecule has 6 N–H and O–H groups in total. The summed E-state index contributed by atoms with van der Waals surface area (Å²) >= 11 is 0. The number of aromatic hydroxyl groups is 2. The average molecular weight is 571 g/mol. The zero-order chi connectivity index (χ0) is 28.3. The minimum absolute atomic E-state index is 0.0505. The maximum Gasteiger partial charge on any atom is 0.229 e. The molecular formula is C24H34N4O8S2. The summed E-state index contributed by atoms with van der Waals surface area (Å²) in [4.78, 5) is 24.7. The monoisotopic (exact) mass is 570 g/mol. The van der Waals surface area contributed by atoms with Crippen molar-refractivity contribution in [3.05, 3.63) is 47.5 Å². The van der Waals surface area contributed by atoms with Crippen LogP contribution in [-0.2, 0) is 20.0 Å². The van der Waals surface area contributed by atoms with Crippen molar-refractivity contribution in [3.63, 3.8) is 0 Å². The molecule has 0 bridgehead atoms. The van der Waals surface area contributed by atoms with Crippen molar-refractivity contribution in [1.82, 2.24) is 10.6 Å². The SMILES string of the molecule is CS(=O)(=O)Nc1cc(C(=O)CNCCCCCCNCC(=O)c2ccc(O)c(NS(C)(=O)=O)c2)ccc1O. The van der Waals surface area contributed by atoms with Crippen molar-refractivity contribution in [2.45, 2.75) is 25.7 Å². The van der Waals surface area contributed by atoms with Crippen LogP contribution in [0.3, 0.4) is 0 Å². The van der Waals surface area contributed by atoms with E-state index >= 15 is 0 Å². The van der Waals surface area contributed by atoms with Crippen LogP contribution in [0.25, 0.3) is 0 Å². The van der Waals surface area contributed by atoms with Gasteiger partial charge in [-0.2, -0.15) is 0 Å². The van der Waals surface area contributed by atoms with Crippen molar-refractivity contribution in [1.29, 1.82) is 0 Å². The molecule has 0 saturated heterocycles. The van der Waals surface area contributed by atoms with Crippen molar-refractivity contribution in [2.24, 2.45) is 0 Å². The Morgan fingerprint density at radius 1 is 0.658 bits per heavy atom. The highest BCUT2D eigenvalue weighted by Crippen LogP contribution is 2.26. The number of sulfonamides is 2. The van der Waals surface area contributed by atoms with Gasteiger partial charge in [0, 0.05) is 11.1 Å². The van der Waals surface area contributed by atoms with E-state index in [0.717, 1.165) is 38.2 Å². The fourth-order valence-electron chi connectivity index (χ4n) is 3.44. The third kappa shape index (κ3) is 11.5. The summed E-state index contributed by atoms with van der Waals surface area (Å²) in [7, 11) is -7.18. The van der Waals surface area contributed by atoms with E-state index in [2.05, 4.69) is 20.1 Å². The van der Waals surface area contributed by atoms with E-state index < -0.39 is 20.0 Å². The van der Waals surface area contributed by atoms with Gasteiger partial charge in [-0.25, -0.2) is 16.8 Å². The second kappa shape index (κ2) is 14.1. The Hall–Kier alpha value is -3.20. The van der Waals surface area contributed by atoms with E-state index in [0.29, 0.717) is 13.1 Å². The number of nitrogens with one attached hydrogen (secondary N) is 4. The molecule has 0 amide bonds. The predicted octanol–water partition coefficient (Wildman–Crippen LogP) is 1.65. The zero-order valence-corrected chi connectivity index (χ0v) is 22.9. The molecule has 0 radical (unpaired) electrons. The molecule has 0 fully saturated rings. The molecule has 0 saturated carbocycles. The molecule has 2 aromatic rings. The van der Waals surface area contributed by atoms with Gasteiger partial charge in [0.25, 0.3) is 0 Å². The smallest absolute Gasteiger partial charge is 0.229 e. The van der Waals surface area contributed by atoms with Crippen LogP contribution in [0.15, 0.2) is 36.4 Å². The third-order valence-corrected chi connectivity index (χ3v) is 6.44. The lowest BCUT2D eigenvalue weighted by Crippen LogP contribution is -2.25. The molecule has 210 valence electrons. The Bertz CT molecular complexity index is 1240. The number of ketones is 2. The van der Waals surface area contributed by atoms with Crippen LogP contribution in [-0.4, -0.2) is 77.3 Å². The first kappa shape index (κ1) is 31.0. The number of carbonyl (C=O) groups is 2. The molecule has 38 heavy (non-hydrogen) atoms. The van der Waals surface area contributed by atoms with Crippen LogP contribution < -0.4 is 20.1 Å². The van der Waals surface area contributed by atoms with Crippen LogP contribution in [0, 0.1) is 0 Å². The lowest BCUT2D eigenvalue weighted by molar-refractivity contribution is 0.0983. The highest BCUT2D eigenvalue weighted by atomic mass is 32.2. The maximum atomic E-state index is 12.3. The first-order valence-corrected chi connectivity index (χ1v) is 15.6. The summed E-state index contributed by atoms with van der Waals surface area (Å²) in [5, 5.41) is 25.6. The first-order valence-electron chi connectivity index (χ1n) is 11.8. The van der Waals surface area contributed by atoms with Crippen molar-refractivity contribution < 1.29 is 36.6 Å². The Morgan fingerprint density at radius 2 is 1.03 bits per heavy atom. The number of anilines is 2. The molecule has 12 nitrogen and oxygen atoms in total. The zero-order valence-electron chi connectivity index (χ0n) is 21.3. The van der Waals surface area contributed by atoms with Gasteiger partial charge in [-0.3, -0.25) is 19.0 Å². The number of phenols is 2. The number of hydrogen-bond donors (Lipinski definition) is 6. The predicted molar refractivity (Wildman–Crippen MR) is 146 cm³/mol. The fraction of sp³-hybridized carbons (Fsp3) is 0.417. The van der Waals surface area contributed by atoms with Gasteiger partial charge in [-0.15, -0.1) is 0 Å². The molecule has 0 aliphatic carbocycles. The molecule has 0 aromatic heterocycles. The Morgan fingerprint density at radius 3 is 1.37 bits per heavy atom. The van der Waals surface area contributed by atoms with Crippen molar-refractivity contribution >= 4 is 43.0 Å². The normalized spacial score (nSPS) is 11.7. The molecule has 0 heterocycles. The van der Waals surface area contributed by atoms with Crippen LogP contribution in [0.4, 0.5) is 11.4 Å². The minimum Gasteiger partial charge on any atom is -0.506 e. The quantitative estimate of drug-likeness (QED) is 0.0926. The summed E-state index contributed by atoms with van der Waals surface area (Å²) in [6.07, 6.45) is 5.41. The van der Waals surface area contributed by atoms with E-state index in [1.807, 2.05) is 0 Å². The Balaban J connectivity index is 1.61. The van der Waals surface area contributed by atoms with Gasteiger partial charge in [-0.1, -0.05) is 12.8 Å². The Labute approximate surface area is 223 Å². The molecule has 0 aliphatic heterocycles. The summed E-state index contributed by atoms with van der Waals surface area (Å²) in [5.41, 5.74) is 0.449. The highest BCUT2D eigenvalue weighted by Gasteiger charge is 2.13. The number of hydrogen-bond acceptors (Lipinski definition) is 10. The number of carbonyl (C=O) groups excluding carboxylic acids is 2. The molecule has 2 rings (SSSR count). The first-order chi connectivity index (χ1) is 17.7.